The molecule has 102 valence electrons. The van der Waals surface area contributed by atoms with Gasteiger partial charge in [0.1, 0.15) is 0 Å². The lowest BCUT2D eigenvalue weighted by molar-refractivity contribution is 1.07. The number of nitrogens with zero attached hydrogens (tertiary/aromatic N) is 2. The molecule has 0 spiro atoms. The van der Waals surface area contributed by atoms with E-state index in [1.165, 1.54) is 0 Å². The molecule has 0 atom stereocenters. The van der Waals surface area contributed by atoms with E-state index >= 15 is 0 Å². The summed E-state index contributed by atoms with van der Waals surface area (Å²) in [5.41, 5.74) is 2.64. The van der Waals surface area contributed by atoms with Crippen LogP contribution in [0.15, 0.2) is 40.1 Å². The van der Waals surface area contributed by atoms with E-state index in [4.69, 9.17) is 23.2 Å². The van der Waals surface area contributed by atoms with Gasteiger partial charge < -0.3 is 4.98 Å². The Morgan fingerprint density at radius 1 is 1.25 bits per heavy atom. The van der Waals surface area contributed by atoms with Gasteiger partial charge in [0.05, 0.1) is 5.52 Å². The van der Waals surface area contributed by atoms with Gasteiger partial charge in [0.25, 0.3) is 0 Å². The summed E-state index contributed by atoms with van der Waals surface area (Å²) in [5.74, 6) is 0.719. The van der Waals surface area contributed by atoms with Crippen LogP contribution in [0.1, 0.15) is 5.56 Å². The lowest BCUT2D eigenvalue weighted by Crippen LogP contribution is -1.83. The summed E-state index contributed by atoms with van der Waals surface area (Å²) < 4.78 is 0.922. The van der Waals surface area contributed by atoms with Crippen molar-refractivity contribution >= 4 is 62.1 Å². The zero-order chi connectivity index (χ0) is 14.1. The van der Waals surface area contributed by atoms with Crippen molar-refractivity contribution in [2.24, 2.45) is 0 Å². The Balaban J connectivity index is 1.79. The number of rotatable bonds is 3. The minimum atomic E-state index is 0.640. The monoisotopic (exact) mass is 387 g/mol. The minimum absolute atomic E-state index is 0.640. The second-order valence-corrected chi connectivity index (χ2v) is 6.81. The second kappa shape index (κ2) is 5.93. The van der Waals surface area contributed by atoms with E-state index in [-0.39, 0.29) is 0 Å². The predicted octanol–water partition coefficient (Wildman–Crippen LogP) is 5.32. The summed E-state index contributed by atoms with van der Waals surface area (Å²) in [6, 6.07) is 7.46. The van der Waals surface area contributed by atoms with E-state index in [9.17, 15) is 0 Å². The topological polar surface area (TPSA) is 41.6 Å². The van der Waals surface area contributed by atoms with E-state index < -0.39 is 0 Å². The number of aromatic nitrogens is 3. The number of pyridine rings is 1. The number of hydrogen-bond acceptors (Lipinski definition) is 3. The SMILES string of the molecule is Clc1ccc(CSc2nc3ncc(Br)cc3[nH]2)c(Cl)c1. The van der Waals surface area contributed by atoms with E-state index in [1.54, 1.807) is 24.0 Å². The lowest BCUT2D eigenvalue weighted by Gasteiger charge is -2.02. The molecular weight excluding hydrogens is 381 g/mol. The molecule has 0 aliphatic carbocycles. The largest absolute Gasteiger partial charge is 0.331 e. The lowest BCUT2D eigenvalue weighted by atomic mass is 10.2. The standard InChI is InChI=1S/C13H8BrCl2N3S/c14-8-3-11-12(17-5-8)19-13(18-11)20-6-7-1-2-9(15)4-10(7)16/h1-5H,6H2,(H,17,18,19). The minimum Gasteiger partial charge on any atom is -0.331 e. The van der Waals surface area contributed by atoms with E-state index in [1.807, 2.05) is 18.2 Å². The third kappa shape index (κ3) is 3.11. The number of aromatic amines is 1. The van der Waals surface area contributed by atoms with Crippen LogP contribution in [0.25, 0.3) is 11.2 Å². The highest BCUT2D eigenvalue weighted by molar-refractivity contribution is 9.10. The van der Waals surface area contributed by atoms with Crippen molar-refractivity contribution in [2.45, 2.75) is 10.9 Å². The Morgan fingerprint density at radius 2 is 2.10 bits per heavy atom. The van der Waals surface area contributed by atoms with Crippen LogP contribution in [0.2, 0.25) is 10.0 Å². The Morgan fingerprint density at radius 3 is 2.90 bits per heavy atom. The molecule has 2 aromatic heterocycles. The van der Waals surface area contributed by atoms with Gasteiger partial charge in [0, 0.05) is 26.5 Å². The molecule has 2 heterocycles. The van der Waals surface area contributed by atoms with Gasteiger partial charge in [-0.2, -0.15) is 0 Å². The second-order valence-electron chi connectivity index (χ2n) is 4.09. The maximum absolute atomic E-state index is 6.15. The quantitative estimate of drug-likeness (QED) is 0.617. The summed E-state index contributed by atoms with van der Waals surface area (Å²) in [7, 11) is 0. The fourth-order valence-electron chi connectivity index (χ4n) is 1.71. The van der Waals surface area contributed by atoms with Gasteiger partial charge in [-0.15, -0.1) is 0 Å². The van der Waals surface area contributed by atoms with Crippen molar-refractivity contribution in [3.8, 4) is 0 Å². The number of benzene rings is 1. The summed E-state index contributed by atoms with van der Waals surface area (Å²) >= 11 is 17.0. The third-order valence-corrected chi connectivity index (χ3v) is 4.60. The van der Waals surface area contributed by atoms with Crippen LogP contribution < -0.4 is 0 Å². The molecule has 0 aliphatic rings. The first-order valence-electron chi connectivity index (χ1n) is 5.70. The first-order valence-corrected chi connectivity index (χ1v) is 8.23. The number of thioether (sulfide) groups is 1. The van der Waals surface area contributed by atoms with Crippen LogP contribution in [0.5, 0.6) is 0 Å². The molecule has 0 radical (unpaired) electrons. The highest BCUT2D eigenvalue weighted by Gasteiger charge is 2.07. The van der Waals surface area contributed by atoms with Crippen LogP contribution in [-0.2, 0) is 5.75 Å². The predicted molar refractivity (Wildman–Crippen MR) is 87.6 cm³/mol. The normalized spacial score (nSPS) is 11.2. The van der Waals surface area contributed by atoms with Gasteiger partial charge in [-0.3, -0.25) is 0 Å². The molecule has 3 rings (SSSR count). The zero-order valence-corrected chi connectivity index (χ0v) is 13.9. The molecule has 3 aromatic rings. The van der Waals surface area contributed by atoms with Crippen LogP contribution in [-0.4, -0.2) is 15.0 Å². The zero-order valence-electron chi connectivity index (χ0n) is 10.0. The van der Waals surface area contributed by atoms with Crippen molar-refractivity contribution in [3.63, 3.8) is 0 Å². The fraction of sp³-hybridized carbons (Fsp3) is 0.0769. The van der Waals surface area contributed by atoms with E-state index in [0.29, 0.717) is 15.7 Å². The number of hydrogen-bond donors (Lipinski definition) is 1. The molecule has 3 nitrogen and oxygen atoms in total. The number of H-pyrrole nitrogens is 1. The number of halogens is 3. The average molecular weight is 389 g/mol. The summed E-state index contributed by atoms with van der Waals surface area (Å²) in [6.45, 7) is 0. The molecule has 0 fully saturated rings. The van der Waals surface area contributed by atoms with Gasteiger partial charge in [0.15, 0.2) is 10.8 Å². The smallest absolute Gasteiger partial charge is 0.178 e. The molecule has 0 unspecified atom stereocenters. The van der Waals surface area contributed by atoms with Crippen molar-refractivity contribution in [3.05, 3.63) is 50.5 Å². The van der Waals surface area contributed by atoms with Crippen molar-refractivity contribution in [2.75, 3.05) is 0 Å². The number of fused-ring (bicyclic) bond motifs is 1. The third-order valence-electron chi connectivity index (χ3n) is 2.66. The van der Waals surface area contributed by atoms with E-state index in [0.717, 1.165) is 26.5 Å². The van der Waals surface area contributed by atoms with Crippen molar-refractivity contribution in [1.82, 2.24) is 15.0 Å². The summed E-state index contributed by atoms with van der Waals surface area (Å²) in [5, 5.41) is 2.13. The summed E-state index contributed by atoms with van der Waals surface area (Å²) in [4.78, 5) is 11.9. The molecule has 0 saturated heterocycles. The molecular formula is C13H8BrCl2N3S. The van der Waals surface area contributed by atoms with Gasteiger partial charge in [0.2, 0.25) is 0 Å². The Bertz CT molecular complexity index is 775. The average Bonchev–Trinajstić information content (AvgIpc) is 2.79. The molecule has 20 heavy (non-hydrogen) atoms. The molecule has 1 aromatic carbocycles. The van der Waals surface area contributed by atoms with Crippen LogP contribution in [0.4, 0.5) is 0 Å². The van der Waals surface area contributed by atoms with Crippen LogP contribution in [0, 0.1) is 0 Å². The number of nitrogens with one attached hydrogen (secondary N) is 1. The van der Waals surface area contributed by atoms with Crippen LogP contribution >= 0.6 is 50.9 Å². The molecule has 0 bridgehead atoms. The van der Waals surface area contributed by atoms with Gasteiger partial charge in [-0.05, 0) is 39.7 Å². The maximum Gasteiger partial charge on any atom is 0.178 e. The first-order chi connectivity index (χ1) is 9.61. The highest BCUT2D eigenvalue weighted by Crippen LogP contribution is 2.28. The summed E-state index contributed by atoms with van der Waals surface area (Å²) in [6.07, 6.45) is 1.73. The first kappa shape index (κ1) is 14.2. The van der Waals surface area contributed by atoms with Gasteiger partial charge in [-0.25, -0.2) is 9.97 Å². The van der Waals surface area contributed by atoms with Gasteiger partial charge >= 0.3 is 0 Å². The molecule has 1 N–H and O–H groups in total. The molecule has 0 amide bonds. The Labute approximate surface area is 138 Å². The molecule has 0 saturated carbocycles. The molecule has 0 aliphatic heterocycles. The highest BCUT2D eigenvalue weighted by atomic mass is 79.9. The van der Waals surface area contributed by atoms with Crippen LogP contribution in [0.3, 0.4) is 0 Å². The fourth-order valence-corrected chi connectivity index (χ4v) is 3.47. The number of imidazole rings is 1. The Hall–Kier alpha value is -0.750. The van der Waals surface area contributed by atoms with E-state index in [2.05, 4.69) is 30.9 Å². The van der Waals surface area contributed by atoms with Crippen molar-refractivity contribution in [1.29, 1.82) is 0 Å². The van der Waals surface area contributed by atoms with Crippen molar-refractivity contribution < 1.29 is 0 Å². The Kier molecular flexibility index (Phi) is 4.21. The van der Waals surface area contributed by atoms with Gasteiger partial charge in [-0.1, -0.05) is 41.0 Å². The maximum atomic E-state index is 6.15. The molecule has 7 heteroatoms.